The summed E-state index contributed by atoms with van der Waals surface area (Å²) in [6.07, 6.45) is 0.506. The largest absolute Gasteiger partial charge is 0.493 e. The molecule has 162 valence electrons. The maximum atomic E-state index is 12.5. The Balaban J connectivity index is 1.61. The van der Waals surface area contributed by atoms with Crippen LogP contribution in [0.3, 0.4) is 0 Å². The van der Waals surface area contributed by atoms with E-state index in [1.54, 1.807) is 7.11 Å². The van der Waals surface area contributed by atoms with Crippen LogP contribution in [0.4, 0.5) is 5.69 Å². The van der Waals surface area contributed by atoms with E-state index < -0.39 is 29.2 Å². The maximum absolute atomic E-state index is 12.5. The van der Waals surface area contributed by atoms with E-state index in [0.717, 1.165) is 28.2 Å². The Kier molecular flexibility index (Phi) is 6.19. The average Bonchev–Trinajstić information content (AvgIpc) is 2.98. The Morgan fingerprint density at radius 3 is 2.35 bits per heavy atom. The minimum atomic E-state index is -0.727. The molecule has 0 unspecified atom stereocenters. The summed E-state index contributed by atoms with van der Waals surface area (Å²) in [7, 11) is 3.09. The van der Waals surface area contributed by atoms with Crippen LogP contribution in [0.1, 0.15) is 31.8 Å². The lowest BCUT2D eigenvalue weighted by atomic mass is 10.0. The number of fused-ring (bicyclic) bond motifs is 1. The van der Waals surface area contributed by atoms with E-state index in [9.17, 15) is 24.5 Å². The molecule has 1 N–H and O–H groups in total. The number of non-ortho nitro benzene ring substituents is 1. The molecule has 10 nitrogen and oxygen atoms in total. The second-order valence-corrected chi connectivity index (χ2v) is 6.92. The summed E-state index contributed by atoms with van der Waals surface area (Å²) in [5.41, 5.74) is 1.59. The van der Waals surface area contributed by atoms with Crippen molar-refractivity contribution in [2.24, 2.45) is 0 Å². The Morgan fingerprint density at radius 2 is 1.71 bits per heavy atom. The Hall–Kier alpha value is -3.95. The molecule has 0 atom stereocenters. The van der Waals surface area contributed by atoms with Crippen molar-refractivity contribution in [3.05, 3.63) is 62.7 Å². The Labute approximate surface area is 177 Å². The first kappa shape index (κ1) is 21.8. The molecule has 0 aliphatic carbocycles. The number of imide groups is 1. The highest BCUT2D eigenvalue weighted by Gasteiger charge is 2.37. The maximum Gasteiger partial charge on any atom is 0.270 e. The fraction of sp³-hybridized carbons (Fsp3) is 0.286. The highest BCUT2D eigenvalue weighted by molar-refractivity contribution is 6.22. The van der Waals surface area contributed by atoms with Crippen LogP contribution < -0.4 is 14.8 Å². The molecule has 31 heavy (non-hydrogen) atoms. The van der Waals surface area contributed by atoms with Crippen LogP contribution in [0.5, 0.6) is 11.5 Å². The zero-order valence-electron chi connectivity index (χ0n) is 17.3. The van der Waals surface area contributed by atoms with Crippen molar-refractivity contribution >= 4 is 23.4 Å². The SMILES string of the molecule is COc1cc(C)c(CCNC(=O)CN2C(=O)c3ccc([N+](=O)[O-])cc3C2=O)cc1OC. The third-order valence-corrected chi connectivity index (χ3v) is 5.03. The first-order valence-corrected chi connectivity index (χ1v) is 9.39. The number of nitrogens with zero attached hydrogens (tertiary/aromatic N) is 2. The summed E-state index contributed by atoms with van der Waals surface area (Å²) in [6.45, 7) is 1.73. The van der Waals surface area contributed by atoms with Crippen LogP contribution in [0, 0.1) is 17.0 Å². The number of aryl methyl sites for hydroxylation is 1. The molecule has 0 spiro atoms. The average molecular weight is 427 g/mol. The first-order valence-electron chi connectivity index (χ1n) is 9.39. The zero-order valence-corrected chi connectivity index (χ0v) is 17.3. The van der Waals surface area contributed by atoms with Gasteiger partial charge in [-0.15, -0.1) is 0 Å². The molecule has 2 aromatic carbocycles. The number of nitrogens with one attached hydrogen (secondary N) is 1. The molecular weight excluding hydrogens is 406 g/mol. The van der Waals surface area contributed by atoms with E-state index in [-0.39, 0.29) is 23.4 Å². The van der Waals surface area contributed by atoms with Crippen LogP contribution in [0.15, 0.2) is 30.3 Å². The van der Waals surface area contributed by atoms with Gasteiger partial charge in [-0.05, 0) is 42.7 Å². The minimum Gasteiger partial charge on any atom is -0.493 e. The number of hydrogen-bond acceptors (Lipinski definition) is 7. The normalized spacial score (nSPS) is 12.5. The lowest BCUT2D eigenvalue weighted by Crippen LogP contribution is -2.40. The van der Waals surface area contributed by atoms with Gasteiger partial charge in [0.1, 0.15) is 6.54 Å². The van der Waals surface area contributed by atoms with E-state index in [4.69, 9.17) is 9.47 Å². The monoisotopic (exact) mass is 427 g/mol. The lowest BCUT2D eigenvalue weighted by molar-refractivity contribution is -0.384. The van der Waals surface area contributed by atoms with Gasteiger partial charge in [0.25, 0.3) is 17.5 Å². The second-order valence-electron chi connectivity index (χ2n) is 6.92. The molecule has 0 aromatic heterocycles. The van der Waals surface area contributed by atoms with E-state index in [1.807, 2.05) is 19.1 Å². The van der Waals surface area contributed by atoms with Gasteiger partial charge in [0.05, 0.1) is 30.3 Å². The van der Waals surface area contributed by atoms with Crippen molar-refractivity contribution in [2.75, 3.05) is 27.3 Å². The van der Waals surface area contributed by atoms with Crippen LogP contribution in [-0.4, -0.2) is 54.9 Å². The van der Waals surface area contributed by atoms with E-state index in [2.05, 4.69) is 5.32 Å². The molecule has 0 saturated carbocycles. The zero-order chi connectivity index (χ0) is 22.7. The van der Waals surface area contributed by atoms with Gasteiger partial charge in [-0.25, -0.2) is 0 Å². The first-order chi connectivity index (χ1) is 14.8. The van der Waals surface area contributed by atoms with Gasteiger partial charge in [0.15, 0.2) is 11.5 Å². The van der Waals surface area contributed by atoms with Crippen molar-refractivity contribution in [2.45, 2.75) is 13.3 Å². The van der Waals surface area contributed by atoms with Crippen molar-refractivity contribution in [1.29, 1.82) is 0 Å². The predicted molar refractivity (Wildman–Crippen MR) is 109 cm³/mol. The summed E-state index contributed by atoms with van der Waals surface area (Å²) < 4.78 is 10.5. The number of nitro groups is 1. The number of methoxy groups -OCH3 is 2. The fourth-order valence-corrected chi connectivity index (χ4v) is 3.36. The Morgan fingerprint density at radius 1 is 1.06 bits per heavy atom. The number of benzene rings is 2. The standard InChI is InChI=1S/C21H21N3O7/c1-12-8-17(30-2)18(31-3)9-13(12)6-7-22-19(25)11-23-20(26)15-5-4-14(24(28)29)10-16(15)21(23)27/h4-5,8-10H,6-7,11H2,1-3H3,(H,22,25). The van der Waals surface area contributed by atoms with Crippen LogP contribution in [0.25, 0.3) is 0 Å². The molecule has 1 aliphatic rings. The number of rotatable bonds is 8. The fourth-order valence-electron chi connectivity index (χ4n) is 3.36. The van der Waals surface area contributed by atoms with Crippen molar-refractivity contribution in [3.63, 3.8) is 0 Å². The van der Waals surface area contributed by atoms with Crippen molar-refractivity contribution < 1.29 is 28.8 Å². The summed E-state index contributed by atoms with van der Waals surface area (Å²) in [4.78, 5) is 48.2. The molecule has 3 rings (SSSR count). The van der Waals surface area contributed by atoms with Gasteiger partial charge in [-0.1, -0.05) is 0 Å². The number of carbonyl (C=O) groups is 3. The van der Waals surface area contributed by atoms with E-state index >= 15 is 0 Å². The highest BCUT2D eigenvalue weighted by Crippen LogP contribution is 2.30. The third kappa shape index (κ3) is 4.32. The summed E-state index contributed by atoms with van der Waals surface area (Å²) in [6, 6.07) is 7.10. The van der Waals surface area contributed by atoms with E-state index in [1.165, 1.54) is 13.2 Å². The smallest absolute Gasteiger partial charge is 0.270 e. The second kappa shape index (κ2) is 8.82. The molecule has 0 fully saturated rings. The molecule has 3 amide bonds. The molecule has 1 aliphatic heterocycles. The highest BCUT2D eigenvalue weighted by atomic mass is 16.6. The topological polar surface area (TPSA) is 128 Å². The molecule has 0 saturated heterocycles. The number of nitro benzene ring substituents is 1. The lowest BCUT2D eigenvalue weighted by Gasteiger charge is -2.15. The number of amides is 3. The molecule has 1 heterocycles. The number of ether oxygens (including phenoxy) is 2. The minimum absolute atomic E-state index is 0.0457. The van der Waals surface area contributed by atoms with Crippen molar-refractivity contribution in [1.82, 2.24) is 10.2 Å². The number of carbonyl (C=O) groups excluding carboxylic acids is 3. The summed E-state index contributed by atoms with van der Waals surface area (Å²) in [5, 5.41) is 13.6. The Bertz CT molecular complexity index is 1080. The van der Waals surface area contributed by atoms with Gasteiger partial charge in [0, 0.05) is 18.7 Å². The van der Waals surface area contributed by atoms with Gasteiger partial charge in [-0.3, -0.25) is 29.4 Å². The van der Waals surface area contributed by atoms with Crippen LogP contribution >= 0.6 is 0 Å². The summed E-state index contributed by atoms with van der Waals surface area (Å²) in [5.74, 6) is -0.703. The van der Waals surface area contributed by atoms with Gasteiger partial charge in [0.2, 0.25) is 5.91 Å². The van der Waals surface area contributed by atoms with Crippen LogP contribution in [-0.2, 0) is 11.2 Å². The van der Waals surface area contributed by atoms with Crippen molar-refractivity contribution in [3.8, 4) is 11.5 Å². The molecule has 0 radical (unpaired) electrons. The van der Waals surface area contributed by atoms with Gasteiger partial charge >= 0.3 is 0 Å². The van der Waals surface area contributed by atoms with Gasteiger partial charge < -0.3 is 14.8 Å². The molecule has 0 bridgehead atoms. The summed E-state index contributed by atoms with van der Waals surface area (Å²) >= 11 is 0. The predicted octanol–water partition coefficient (Wildman–Crippen LogP) is 1.88. The molecule has 2 aromatic rings. The quantitative estimate of drug-likeness (QED) is 0.387. The molecular formula is C21H21N3O7. The molecule has 10 heteroatoms. The van der Waals surface area contributed by atoms with E-state index in [0.29, 0.717) is 17.9 Å². The van der Waals surface area contributed by atoms with Crippen LogP contribution in [0.2, 0.25) is 0 Å². The third-order valence-electron chi connectivity index (χ3n) is 5.03. The number of hydrogen-bond donors (Lipinski definition) is 1. The van der Waals surface area contributed by atoms with Gasteiger partial charge in [-0.2, -0.15) is 0 Å².